The number of amides is 1. The zero-order valence-corrected chi connectivity index (χ0v) is 18.8. The number of nitrogens with zero attached hydrogens (tertiary/aromatic N) is 3. The molecule has 4 aromatic rings. The van der Waals surface area contributed by atoms with Crippen molar-refractivity contribution in [2.24, 2.45) is 0 Å². The van der Waals surface area contributed by atoms with Crippen LogP contribution in [0.3, 0.4) is 0 Å². The minimum Gasteiger partial charge on any atom is -0.358 e. The number of pyridine rings is 1. The summed E-state index contributed by atoms with van der Waals surface area (Å²) in [4.78, 5) is 21.0. The lowest BCUT2D eigenvalue weighted by Gasteiger charge is -2.31. The second-order valence-corrected chi connectivity index (χ2v) is 8.84. The monoisotopic (exact) mass is 469 g/mol. The number of H-pyrrole nitrogens is 1. The lowest BCUT2D eigenvalue weighted by atomic mass is 9.88. The zero-order chi connectivity index (χ0) is 23.8. The van der Waals surface area contributed by atoms with Gasteiger partial charge in [-0.15, -0.1) is 0 Å². The Kier molecular flexibility index (Phi) is 6.03. The third kappa shape index (κ3) is 4.27. The summed E-state index contributed by atoms with van der Waals surface area (Å²) in [5.74, 6) is -0.210. The first-order chi connectivity index (χ1) is 16.4. The van der Waals surface area contributed by atoms with E-state index >= 15 is 0 Å². The molecule has 1 fully saturated rings. The number of carbonyl (C=O) groups excluding carboxylic acids is 1. The van der Waals surface area contributed by atoms with Crippen LogP contribution in [0.4, 0.5) is 13.2 Å². The molecule has 0 radical (unpaired) electrons. The van der Waals surface area contributed by atoms with E-state index in [2.05, 4.69) is 20.2 Å². The molecule has 1 aliphatic rings. The van der Waals surface area contributed by atoms with E-state index in [4.69, 9.17) is 0 Å². The Labute approximate surface area is 194 Å². The lowest BCUT2D eigenvalue weighted by molar-refractivity contribution is -0.122. The molecule has 2 N–H and O–H groups in total. The van der Waals surface area contributed by atoms with Crippen molar-refractivity contribution in [3.05, 3.63) is 59.8 Å². The molecule has 178 valence electrons. The molecule has 9 heteroatoms. The van der Waals surface area contributed by atoms with Gasteiger partial charge in [0.05, 0.1) is 12.2 Å². The Bertz CT molecular complexity index is 1340. The Balaban J connectivity index is 1.49. The number of aromatic amines is 1. The van der Waals surface area contributed by atoms with Crippen molar-refractivity contribution in [1.29, 1.82) is 0 Å². The Morgan fingerprint density at radius 1 is 1.26 bits per heavy atom. The fourth-order valence-corrected chi connectivity index (χ4v) is 4.97. The van der Waals surface area contributed by atoms with E-state index in [0.717, 1.165) is 42.4 Å². The number of alkyl halides is 2. The molecular formula is C25H26F3N5O. The summed E-state index contributed by atoms with van der Waals surface area (Å²) < 4.78 is 43.3. The molecular weight excluding hydrogens is 443 g/mol. The van der Waals surface area contributed by atoms with Gasteiger partial charge in [0.1, 0.15) is 0 Å². The normalized spacial score (nSPS) is 15.6. The van der Waals surface area contributed by atoms with Crippen LogP contribution in [-0.2, 0) is 11.2 Å². The van der Waals surface area contributed by atoms with Gasteiger partial charge in [-0.1, -0.05) is 6.07 Å². The van der Waals surface area contributed by atoms with Crippen molar-refractivity contribution < 1.29 is 18.0 Å². The Morgan fingerprint density at radius 2 is 2.06 bits per heavy atom. The summed E-state index contributed by atoms with van der Waals surface area (Å²) in [6.07, 6.45) is 3.67. The highest BCUT2D eigenvalue weighted by atomic mass is 19.3. The number of hydrogen-bond acceptors (Lipinski definition) is 3. The number of nitrogens with one attached hydrogen (secondary N) is 2. The van der Waals surface area contributed by atoms with Crippen LogP contribution >= 0.6 is 0 Å². The maximum Gasteiger partial charge on any atom is 0.242 e. The van der Waals surface area contributed by atoms with E-state index in [9.17, 15) is 18.0 Å². The number of fused-ring (bicyclic) bond motifs is 2. The fraction of sp³-hybridized carbons (Fsp3) is 0.360. The van der Waals surface area contributed by atoms with Crippen LogP contribution < -0.4 is 5.32 Å². The second kappa shape index (κ2) is 9.13. The van der Waals surface area contributed by atoms with Gasteiger partial charge in [-0.25, -0.2) is 18.2 Å². The first-order valence-corrected chi connectivity index (χ1v) is 11.4. The Morgan fingerprint density at radius 3 is 2.79 bits per heavy atom. The van der Waals surface area contributed by atoms with E-state index in [1.165, 1.54) is 12.3 Å². The lowest BCUT2D eigenvalue weighted by Crippen LogP contribution is -2.40. The van der Waals surface area contributed by atoms with Gasteiger partial charge >= 0.3 is 0 Å². The first-order valence-electron chi connectivity index (χ1n) is 11.4. The summed E-state index contributed by atoms with van der Waals surface area (Å²) >= 11 is 0. The first kappa shape index (κ1) is 22.5. The minimum absolute atomic E-state index is 0.00156. The van der Waals surface area contributed by atoms with Crippen LogP contribution in [0, 0.1) is 5.82 Å². The summed E-state index contributed by atoms with van der Waals surface area (Å²) in [5, 5.41) is 3.39. The summed E-state index contributed by atoms with van der Waals surface area (Å²) in [7, 11) is 1.63. The number of likely N-dealkylation sites (N-methyl/N-ethyl adjacent to an activating group) is 1. The molecule has 0 saturated carbocycles. The van der Waals surface area contributed by atoms with Gasteiger partial charge in [-0.05, 0) is 61.2 Å². The second-order valence-electron chi connectivity index (χ2n) is 8.84. The number of halogens is 3. The predicted octanol–water partition coefficient (Wildman–Crippen LogP) is 4.35. The highest BCUT2D eigenvalue weighted by Gasteiger charge is 2.24. The molecule has 1 aliphatic heterocycles. The smallest absolute Gasteiger partial charge is 0.242 e. The van der Waals surface area contributed by atoms with E-state index in [1.807, 2.05) is 18.2 Å². The molecule has 0 aliphatic carbocycles. The third-order valence-electron chi connectivity index (χ3n) is 6.72. The third-order valence-corrected chi connectivity index (χ3v) is 6.72. The molecule has 34 heavy (non-hydrogen) atoms. The van der Waals surface area contributed by atoms with E-state index in [-0.39, 0.29) is 11.6 Å². The topological polar surface area (TPSA) is 65.4 Å². The average molecular weight is 470 g/mol. The van der Waals surface area contributed by atoms with Crippen LogP contribution in [0.15, 0.2) is 42.9 Å². The highest BCUT2D eigenvalue weighted by Crippen LogP contribution is 2.36. The summed E-state index contributed by atoms with van der Waals surface area (Å²) in [5.41, 5.74) is 3.53. The van der Waals surface area contributed by atoms with Gasteiger partial charge < -0.3 is 14.7 Å². The van der Waals surface area contributed by atoms with Crippen molar-refractivity contribution in [2.75, 3.05) is 26.7 Å². The maximum atomic E-state index is 14.6. The number of benzene rings is 1. The molecule has 0 bridgehead atoms. The van der Waals surface area contributed by atoms with Gasteiger partial charge in [0.25, 0.3) is 0 Å². The molecule has 1 saturated heterocycles. The number of carbonyl (C=O) groups is 1. The molecule has 6 nitrogen and oxygen atoms in total. The standard InChI is InChI=1S/C25H26F3N5O/c1-29-23(34)14-32-7-4-15(5-8-32)16-2-3-21-18(10-16)19(12-22(27)28)24(31-21)17-11-20(26)25-30-6-9-33(25)13-17/h2-3,6,9-11,13,15,22,31H,4-5,7-8,12,14H2,1H3,(H,29,34). The molecule has 1 amide bonds. The molecule has 0 atom stereocenters. The molecule has 1 aromatic carbocycles. The van der Waals surface area contributed by atoms with Gasteiger partial charge in [0.15, 0.2) is 11.5 Å². The minimum atomic E-state index is -2.53. The van der Waals surface area contributed by atoms with Crippen molar-refractivity contribution in [2.45, 2.75) is 31.6 Å². The van der Waals surface area contributed by atoms with Gasteiger partial charge in [-0.2, -0.15) is 0 Å². The van der Waals surface area contributed by atoms with Crippen LogP contribution in [0.2, 0.25) is 0 Å². The predicted molar refractivity (Wildman–Crippen MR) is 125 cm³/mol. The number of rotatable bonds is 6. The van der Waals surface area contributed by atoms with Gasteiger partial charge in [0, 0.05) is 48.5 Å². The zero-order valence-electron chi connectivity index (χ0n) is 18.8. The number of likely N-dealkylation sites (tertiary alicyclic amines) is 1. The van der Waals surface area contributed by atoms with E-state index < -0.39 is 18.7 Å². The van der Waals surface area contributed by atoms with Crippen molar-refractivity contribution in [1.82, 2.24) is 24.6 Å². The molecule has 5 rings (SSSR count). The molecule has 0 unspecified atom stereocenters. The quantitative estimate of drug-likeness (QED) is 0.441. The number of piperidine rings is 1. The molecule has 0 spiro atoms. The Hall–Kier alpha value is -3.33. The largest absolute Gasteiger partial charge is 0.358 e. The van der Waals surface area contributed by atoms with Gasteiger partial charge in [-0.3, -0.25) is 9.69 Å². The van der Waals surface area contributed by atoms with E-state index in [1.54, 1.807) is 23.8 Å². The van der Waals surface area contributed by atoms with Crippen molar-refractivity contribution >= 4 is 22.5 Å². The number of hydrogen-bond donors (Lipinski definition) is 2. The number of imidazole rings is 1. The molecule has 4 heterocycles. The molecule has 3 aromatic heterocycles. The average Bonchev–Trinajstić information content (AvgIpc) is 3.44. The van der Waals surface area contributed by atoms with Gasteiger partial charge in [0.2, 0.25) is 12.3 Å². The fourth-order valence-electron chi connectivity index (χ4n) is 4.97. The van der Waals surface area contributed by atoms with Crippen molar-refractivity contribution in [3.8, 4) is 11.3 Å². The van der Waals surface area contributed by atoms with Crippen LogP contribution in [0.25, 0.3) is 27.8 Å². The van der Waals surface area contributed by atoms with Crippen LogP contribution in [0.1, 0.15) is 29.9 Å². The highest BCUT2D eigenvalue weighted by molar-refractivity contribution is 5.91. The van der Waals surface area contributed by atoms with Crippen LogP contribution in [0.5, 0.6) is 0 Å². The van der Waals surface area contributed by atoms with Crippen LogP contribution in [-0.4, -0.2) is 58.3 Å². The summed E-state index contributed by atoms with van der Waals surface area (Å²) in [6.45, 7) is 2.00. The van der Waals surface area contributed by atoms with Crippen molar-refractivity contribution in [3.63, 3.8) is 0 Å². The number of aromatic nitrogens is 3. The summed E-state index contributed by atoms with van der Waals surface area (Å²) in [6, 6.07) is 7.29. The van der Waals surface area contributed by atoms with E-state index in [0.29, 0.717) is 29.3 Å². The SMILES string of the molecule is CNC(=O)CN1CCC(c2ccc3[nH]c(-c4cc(F)c5nccn5c4)c(CC(F)F)c3c2)CC1. The maximum absolute atomic E-state index is 14.6.